The summed E-state index contributed by atoms with van der Waals surface area (Å²) >= 11 is 1.57. The van der Waals surface area contributed by atoms with Crippen LogP contribution in [0.2, 0.25) is 0 Å². The molecule has 1 aliphatic rings. The monoisotopic (exact) mass is 622 g/mol. The number of nitrogens with one attached hydrogen (secondary N) is 3. The van der Waals surface area contributed by atoms with Crippen molar-refractivity contribution in [1.82, 2.24) is 10.6 Å². The van der Waals surface area contributed by atoms with Crippen molar-refractivity contribution in [3.63, 3.8) is 0 Å². The van der Waals surface area contributed by atoms with E-state index in [0.717, 1.165) is 22.6 Å². The van der Waals surface area contributed by atoms with Crippen LogP contribution in [0.4, 0.5) is 11.4 Å². The average Bonchev–Trinajstić information content (AvgIpc) is 3.45. The SMILES string of the molecule is CCNc1cc(C(=O)N[C@@H](Cc2cccs2)[C@H](O)CNCc2cccc(OC)c2)cc(N2CCCCS2(=O)=O)c1.Cl. The van der Waals surface area contributed by atoms with Gasteiger partial charge in [0.1, 0.15) is 5.75 Å². The maximum absolute atomic E-state index is 13.6. The standard InChI is InChI=1S/C29H38N4O5S2.ClH/c1-3-31-23-15-22(16-24(17-23)33-11-4-5-13-40(33,36)37)29(35)32-27(18-26-10-7-12-39-26)28(34)20-30-19-21-8-6-9-25(14-21)38-2;/h6-10,12,14-17,27-28,30-31,34H,3-5,11,13,18-20H2,1-2H3,(H,32,35);1H/t27-,28+;/m0./s1. The smallest absolute Gasteiger partial charge is 0.251 e. The van der Waals surface area contributed by atoms with Crippen LogP contribution < -0.4 is 25.0 Å². The molecule has 0 saturated carbocycles. The van der Waals surface area contributed by atoms with Crippen LogP contribution in [0.25, 0.3) is 0 Å². The molecule has 1 fully saturated rings. The number of carbonyl (C=O) groups excluding carboxylic acids is 1. The van der Waals surface area contributed by atoms with Crippen molar-refractivity contribution >= 4 is 51.0 Å². The summed E-state index contributed by atoms with van der Waals surface area (Å²) in [5, 5.41) is 22.6. The highest BCUT2D eigenvalue weighted by molar-refractivity contribution is 7.92. The summed E-state index contributed by atoms with van der Waals surface area (Å²) in [6.45, 7) is 3.75. The molecule has 4 N–H and O–H groups in total. The van der Waals surface area contributed by atoms with Gasteiger partial charge in [0.05, 0.1) is 30.7 Å². The number of carbonyl (C=O) groups is 1. The Balaban J connectivity index is 0.00000462. The van der Waals surface area contributed by atoms with E-state index in [1.54, 1.807) is 36.6 Å². The van der Waals surface area contributed by atoms with Crippen molar-refractivity contribution in [3.8, 4) is 5.75 Å². The summed E-state index contributed by atoms with van der Waals surface area (Å²) in [4.78, 5) is 14.6. The number of anilines is 2. The zero-order valence-electron chi connectivity index (χ0n) is 23.3. The Morgan fingerprint density at radius 2 is 1.98 bits per heavy atom. The van der Waals surface area contributed by atoms with Crippen LogP contribution >= 0.6 is 23.7 Å². The largest absolute Gasteiger partial charge is 0.497 e. The van der Waals surface area contributed by atoms with Gasteiger partial charge >= 0.3 is 0 Å². The fourth-order valence-electron chi connectivity index (χ4n) is 4.74. The Kier molecular flexibility index (Phi) is 12.3. The zero-order valence-corrected chi connectivity index (χ0v) is 25.8. The number of hydrogen-bond donors (Lipinski definition) is 4. The molecule has 1 amide bonds. The van der Waals surface area contributed by atoms with E-state index in [4.69, 9.17) is 4.74 Å². The number of rotatable bonds is 13. The molecule has 3 aromatic rings. The summed E-state index contributed by atoms with van der Waals surface area (Å²) < 4.78 is 32.2. The van der Waals surface area contributed by atoms with Crippen LogP contribution in [-0.4, -0.2) is 64.1 Å². The molecule has 0 radical (unpaired) electrons. The lowest BCUT2D eigenvalue weighted by molar-refractivity contribution is 0.0831. The molecule has 0 bridgehead atoms. The Labute approximate surface area is 252 Å². The van der Waals surface area contributed by atoms with Gasteiger partial charge in [0.15, 0.2) is 0 Å². The quantitative estimate of drug-likeness (QED) is 0.227. The Bertz CT molecular complexity index is 1370. The van der Waals surface area contributed by atoms with Gasteiger partial charge in [0, 0.05) is 48.7 Å². The Morgan fingerprint density at radius 3 is 2.68 bits per heavy atom. The lowest BCUT2D eigenvalue weighted by atomic mass is 10.0. The predicted molar refractivity (Wildman–Crippen MR) is 168 cm³/mol. The number of hydrogen-bond acceptors (Lipinski definition) is 8. The average molecular weight is 623 g/mol. The Morgan fingerprint density at radius 1 is 1.15 bits per heavy atom. The molecular weight excluding hydrogens is 584 g/mol. The third-order valence-electron chi connectivity index (χ3n) is 6.80. The molecule has 0 unspecified atom stereocenters. The minimum Gasteiger partial charge on any atom is -0.497 e. The summed E-state index contributed by atoms with van der Waals surface area (Å²) in [5.74, 6) is 0.487. The van der Waals surface area contributed by atoms with Crippen LogP contribution in [0.1, 0.15) is 40.6 Å². The number of aliphatic hydroxyl groups excluding tert-OH is 1. The molecule has 1 aromatic heterocycles. The molecular formula is C29H39ClN4O5S2. The van der Waals surface area contributed by atoms with Gasteiger partial charge in [-0.1, -0.05) is 18.2 Å². The summed E-state index contributed by atoms with van der Waals surface area (Å²) in [5.41, 5.74) is 2.49. The topological polar surface area (TPSA) is 120 Å². The third-order valence-corrected chi connectivity index (χ3v) is 9.57. The highest BCUT2D eigenvalue weighted by atomic mass is 35.5. The number of methoxy groups -OCH3 is 1. The minimum absolute atomic E-state index is 0. The number of sulfonamides is 1. The zero-order chi connectivity index (χ0) is 28.5. The first-order valence-corrected chi connectivity index (χ1v) is 16.0. The number of amides is 1. The summed E-state index contributed by atoms with van der Waals surface area (Å²) in [6, 6.07) is 16.2. The van der Waals surface area contributed by atoms with E-state index in [-0.39, 0.29) is 30.6 Å². The maximum atomic E-state index is 13.6. The molecule has 1 aliphatic heterocycles. The minimum atomic E-state index is -3.44. The van der Waals surface area contributed by atoms with Crippen molar-refractivity contribution in [3.05, 3.63) is 76.0 Å². The van der Waals surface area contributed by atoms with E-state index in [1.807, 2.05) is 48.7 Å². The molecule has 1 saturated heterocycles. The van der Waals surface area contributed by atoms with E-state index in [1.165, 1.54) is 4.31 Å². The highest BCUT2D eigenvalue weighted by Crippen LogP contribution is 2.28. The summed E-state index contributed by atoms with van der Waals surface area (Å²) in [6.07, 6.45) is 0.999. The van der Waals surface area contributed by atoms with E-state index in [9.17, 15) is 18.3 Å². The lowest BCUT2D eigenvalue weighted by Crippen LogP contribution is -2.48. The van der Waals surface area contributed by atoms with E-state index in [0.29, 0.717) is 49.4 Å². The number of benzene rings is 2. The van der Waals surface area contributed by atoms with E-state index < -0.39 is 22.2 Å². The van der Waals surface area contributed by atoms with Crippen molar-refractivity contribution < 1.29 is 23.1 Å². The number of halogens is 1. The van der Waals surface area contributed by atoms with Gasteiger partial charge in [-0.25, -0.2) is 8.42 Å². The number of thiophene rings is 1. The first kappa shape index (κ1) is 32.7. The van der Waals surface area contributed by atoms with Gasteiger partial charge in [-0.15, -0.1) is 23.7 Å². The fraction of sp³-hybridized carbons (Fsp3) is 0.414. The normalized spacial score (nSPS) is 15.8. The van der Waals surface area contributed by atoms with Crippen LogP contribution in [0.3, 0.4) is 0 Å². The first-order chi connectivity index (χ1) is 19.3. The second kappa shape index (κ2) is 15.4. The third kappa shape index (κ3) is 9.08. The number of nitrogens with zero attached hydrogens (tertiary/aromatic N) is 1. The summed E-state index contributed by atoms with van der Waals surface area (Å²) in [7, 11) is -1.82. The van der Waals surface area contributed by atoms with Crippen molar-refractivity contribution in [2.24, 2.45) is 0 Å². The molecule has 2 heterocycles. The Hall–Kier alpha value is -2.83. The molecule has 0 spiro atoms. The molecule has 2 aromatic carbocycles. The molecule has 41 heavy (non-hydrogen) atoms. The van der Waals surface area contributed by atoms with Crippen LogP contribution in [0.5, 0.6) is 5.75 Å². The van der Waals surface area contributed by atoms with Gasteiger partial charge < -0.3 is 25.8 Å². The van der Waals surface area contributed by atoms with Gasteiger partial charge in [-0.05, 0) is 67.1 Å². The van der Waals surface area contributed by atoms with E-state index >= 15 is 0 Å². The van der Waals surface area contributed by atoms with Gasteiger partial charge in [-0.3, -0.25) is 9.10 Å². The second-order valence-corrected chi connectivity index (χ2v) is 12.9. The molecule has 9 nitrogen and oxygen atoms in total. The predicted octanol–water partition coefficient (Wildman–Crippen LogP) is 4.03. The number of aliphatic hydroxyl groups is 1. The van der Waals surface area contributed by atoms with Gasteiger partial charge in [0.2, 0.25) is 10.0 Å². The molecule has 12 heteroatoms. The van der Waals surface area contributed by atoms with Crippen LogP contribution in [0, 0.1) is 0 Å². The fourth-order valence-corrected chi connectivity index (χ4v) is 7.13. The molecule has 224 valence electrons. The van der Waals surface area contributed by atoms with E-state index in [2.05, 4.69) is 16.0 Å². The molecule has 0 aliphatic carbocycles. The van der Waals surface area contributed by atoms with Crippen LogP contribution in [-0.2, 0) is 23.0 Å². The van der Waals surface area contributed by atoms with Crippen molar-refractivity contribution in [2.45, 2.75) is 44.9 Å². The van der Waals surface area contributed by atoms with Crippen molar-refractivity contribution in [2.75, 3.05) is 42.1 Å². The lowest BCUT2D eigenvalue weighted by Gasteiger charge is -2.29. The molecule has 4 rings (SSSR count). The maximum Gasteiger partial charge on any atom is 0.251 e. The van der Waals surface area contributed by atoms with Crippen molar-refractivity contribution in [1.29, 1.82) is 0 Å². The molecule has 2 atom stereocenters. The second-order valence-electron chi connectivity index (χ2n) is 9.81. The first-order valence-electron chi connectivity index (χ1n) is 13.5. The highest BCUT2D eigenvalue weighted by Gasteiger charge is 2.28. The van der Waals surface area contributed by atoms with Gasteiger partial charge in [-0.2, -0.15) is 0 Å². The van der Waals surface area contributed by atoms with Gasteiger partial charge in [0.25, 0.3) is 5.91 Å². The van der Waals surface area contributed by atoms with Crippen LogP contribution in [0.15, 0.2) is 60.0 Å². The number of ether oxygens (including phenoxy) is 1.